The average Bonchev–Trinajstić information content (AvgIpc) is 3.38. The summed E-state index contributed by atoms with van der Waals surface area (Å²) < 4.78 is 47.2. The molecule has 2 aliphatic heterocycles. The molecular formula is C27H32ClFN4O4S2. The number of amides is 1. The van der Waals surface area contributed by atoms with Crippen molar-refractivity contribution in [1.29, 1.82) is 0 Å². The molecule has 2 aromatic carbocycles. The van der Waals surface area contributed by atoms with E-state index in [4.69, 9.17) is 21.3 Å². The van der Waals surface area contributed by atoms with Gasteiger partial charge in [-0.2, -0.15) is 4.31 Å². The van der Waals surface area contributed by atoms with Crippen LogP contribution in [0.1, 0.15) is 24.8 Å². The van der Waals surface area contributed by atoms with Crippen molar-refractivity contribution in [1.82, 2.24) is 14.2 Å². The zero-order valence-electron chi connectivity index (χ0n) is 21.8. The molecule has 0 aliphatic carbocycles. The standard InChI is InChI=1S/C27H32ClFN4O4S2/c1-19-23(28)7-8-24-25(19)30-27(38-24)33(12-2-11-31-15-17-37-18-16-31)26(34)20-9-13-32(14-10-20)39(35,36)22-5-3-21(29)4-6-22/h3-8,20H,2,9-18H2,1H3. The van der Waals surface area contributed by atoms with Gasteiger partial charge in [0.25, 0.3) is 0 Å². The van der Waals surface area contributed by atoms with E-state index in [1.807, 2.05) is 19.1 Å². The van der Waals surface area contributed by atoms with Crippen LogP contribution in [0.3, 0.4) is 0 Å². The Morgan fingerprint density at radius 2 is 1.82 bits per heavy atom. The minimum atomic E-state index is -3.75. The van der Waals surface area contributed by atoms with E-state index in [9.17, 15) is 17.6 Å². The van der Waals surface area contributed by atoms with Gasteiger partial charge in [0.05, 0.1) is 28.3 Å². The second kappa shape index (κ2) is 12.2. The zero-order chi connectivity index (χ0) is 27.6. The van der Waals surface area contributed by atoms with Crippen molar-refractivity contribution in [3.05, 3.63) is 52.8 Å². The Balaban J connectivity index is 1.31. The predicted molar refractivity (Wildman–Crippen MR) is 151 cm³/mol. The maximum absolute atomic E-state index is 13.9. The molecule has 5 rings (SSSR count). The van der Waals surface area contributed by atoms with E-state index in [2.05, 4.69) is 4.90 Å². The first-order valence-corrected chi connectivity index (χ1v) is 15.8. The lowest BCUT2D eigenvalue weighted by molar-refractivity contribution is -0.123. The Morgan fingerprint density at radius 3 is 2.51 bits per heavy atom. The SMILES string of the molecule is Cc1c(Cl)ccc2sc(N(CCCN3CCOCC3)C(=O)C3CCN(S(=O)(=O)c4ccc(F)cc4)CC3)nc12. The Hall–Kier alpha value is -2.15. The Kier molecular flexibility index (Phi) is 8.85. The number of aryl methyl sites for hydroxylation is 1. The summed E-state index contributed by atoms with van der Waals surface area (Å²) in [6.07, 6.45) is 1.61. The maximum atomic E-state index is 13.9. The third-order valence-electron chi connectivity index (χ3n) is 7.45. The first-order valence-electron chi connectivity index (χ1n) is 13.2. The number of morpholine rings is 1. The van der Waals surface area contributed by atoms with Crippen LogP contribution in [0.5, 0.6) is 0 Å². The maximum Gasteiger partial charge on any atom is 0.243 e. The third-order valence-corrected chi connectivity index (χ3v) is 10.8. The number of sulfonamides is 1. The Bertz CT molecular complexity index is 1420. The summed E-state index contributed by atoms with van der Waals surface area (Å²) in [6, 6.07) is 8.62. The van der Waals surface area contributed by atoms with Crippen molar-refractivity contribution in [3.63, 3.8) is 0 Å². The number of benzene rings is 2. The number of hydrogen-bond acceptors (Lipinski definition) is 7. The predicted octanol–water partition coefficient (Wildman–Crippen LogP) is 4.55. The van der Waals surface area contributed by atoms with E-state index < -0.39 is 15.8 Å². The number of thiazole rings is 1. The molecule has 0 saturated carbocycles. The van der Waals surface area contributed by atoms with Crippen LogP contribution in [0.25, 0.3) is 10.2 Å². The number of halogens is 2. The van der Waals surface area contributed by atoms with Gasteiger partial charge in [-0.3, -0.25) is 14.6 Å². The highest BCUT2D eigenvalue weighted by atomic mass is 35.5. The summed E-state index contributed by atoms with van der Waals surface area (Å²) in [7, 11) is -3.75. The smallest absolute Gasteiger partial charge is 0.243 e. The second-order valence-corrected chi connectivity index (χ2v) is 13.3. The van der Waals surface area contributed by atoms with Gasteiger partial charge in [-0.25, -0.2) is 17.8 Å². The van der Waals surface area contributed by atoms with E-state index in [1.54, 1.807) is 4.90 Å². The van der Waals surface area contributed by atoms with Gasteiger partial charge in [0, 0.05) is 50.2 Å². The largest absolute Gasteiger partial charge is 0.379 e. The van der Waals surface area contributed by atoms with E-state index in [-0.39, 0.29) is 29.8 Å². The molecule has 1 amide bonds. The summed E-state index contributed by atoms with van der Waals surface area (Å²) in [5.74, 6) is -0.831. The van der Waals surface area contributed by atoms with Crippen LogP contribution >= 0.6 is 22.9 Å². The third kappa shape index (κ3) is 6.28. The average molecular weight is 595 g/mol. The number of ether oxygens (including phenoxy) is 1. The summed E-state index contributed by atoms with van der Waals surface area (Å²) in [5, 5.41) is 1.28. The molecule has 2 aliphatic rings. The fraction of sp³-hybridized carbons (Fsp3) is 0.481. The lowest BCUT2D eigenvalue weighted by Gasteiger charge is -2.33. The lowest BCUT2D eigenvalue weighted by Crippen LogP contribution is -2.45. The first-order chi connectivity index (χ1) is 18.7. The molecule has 0 spiro atoms. The number of fused-ring (bicyclic) bond motifs is 1. The molecule has 39 heavy (non-hydrogen) atoms. The summed E-state index contributed by atoms with van der Waals surface area (Å²) in [4.78, 5) is 22.9. The van der Waals surface area contributed by atoms with Gasteiger partial charge in [0.2, 0.25) is 15.9 Å². The number of nitrogens with zero attached hydrogens (tertiary/aromatic N) is 4. The van der Waals surface area contributed by atoms with Crippen molar-refractivity contribution in [2.75, 3.05) is 57.4 Å². The molecule has 0 N–H and O–H groups in total. The van der Waals surface area contributed by atoms with Crippen molar-refractivity contribution in [3.8, 4) is 0 Å². The lowest BCUT2D eigenvalue weighted by atomic mass is 9.96. The number of anilines is 1. The summed E-state index contributed by atoms with van der Waals surface area (Å²) >= 11 is 7.80. The van der Waals surface area contributed by atoms with Crippen LogP contribution in [0.15, 0.2) is 41.3 Å². The van der Waals surface area contributed by atoms with E-state index >= 15 is 0 Å². The Labute approximate surface area is 237 Å². The minimum Gasteiger partial charge on any atom is -0.379 e. The highest BCUT2D eigenvalue weighted by Crippen LogP contribution is 2.35. The molecule has 1 aromatic heterocycles. The molecule has 0 radical (unpaired) electrons. The number of aromatic nitrogens is 1. The zero-order valence-corrected chi connectivity index (χ0v) is 24.2. The highest BCUT2D eigenvalue weighted by Gasteiger charge is 2.35. The Morgan fingerprint density at radius 1 is 1.13 bits per heavy atom. The van der Waals surface area contributed by atoms with Crippen LogP contribution in [0.2, 0.25) is 5.02 Å². The number of piperidine rings is 1. The van der Waals surface area contributed by atoms with E-state index in [0.717, 1.165) is 67.2 Å². The molecule has 210 valence electrons. The van der Waals surface area contributed by atoms with Crippen LogP contribution < -0.4 is 4.90 Å². The van der Waals surface area contributed by atoms with Gasteiger partial charge < -0.3 is 4.74 Å². The summed E-state index contributed by atoms with van der Waals surface area (Å²) in [5.41, 5.74) is 1.69. The van der Waals surface area contributed by atoms with Crippen molar-refractivity contribution < 1.29 is 22.3 Å². The monoisotopic (exact) mass is 594 g/mol. The van der Waals surface area contributed by atoms with Crippen LogP contribution in [0, 0.1) is 18.7 Å². The molecule has 3 aromatic rings. The molecule has 0 bridgehead atoms. The van der Waals surface area contributed by atoms with Gasteiger partial charge in [-0.1, -0.05) is 22.9 Å². The number of hydrogen-bond donors (Lipinski definition) is 0. The molecule has 8 nitrogen and oxygen atoms in total. The molecule has 0 atom stereocenters. The molecule has 0 unspecified atom stereocenters. The van der Waals surface area contributed by atoms with Gasteiger partial charge in [-0.15, -0.1) is 0 Å². The number of carbonyl (C=O) groups excluding carboxylic acids is 1. The number of rotatable bonds is 8. The van der Waals surface area contributed by atoms with Crippen molar-refractivity contribution in [2.45, 2.75) is 31.1 Å². The van der Waals surface area contributed by atoms with Gasteiger partial charge in [-0.05, 0) is 68.1 Å². The quantitative estimate of drug-likeness (QED) is 0.380. The molecule has 12 heteroatoms. The fourth-order valence-corrected chi connectivity index (χ4v) is 7.78. The van der Waals surface area contributed by atoms with Crippen LogP contribution in [-0.4, -0.2) is 81.0 Å². The van der Waals surface area contributed by atoms with Gasteiger partial charge in [0.15, 0.2) is 5.13 Å². The van der Waals surface area contributed by atoms with E-state index in [0.29, 0.717) is 29.5 Å². The minimum absolute atomic E-state index is 0.0291. The van der Waals surface area contributed by atoms with Crippen LogP contribution in [-0.2, 0) is 19.6 Å². The fourth-order valence-electron chi connectivity index (χ4n) is 5.10. The van der Waals surface area contributed by atoms with Crippen LogP contribution in [0.4, 0.5) is 9.52 Å². The molecule has 2 saturated heterocycles. The normalized spacial score (nSPS) is 18.0. The topological polar surface area (TPSA) is 83.0 Å². The van der Waals surface area contributed by atoms with Crippen molar-refractivity contribution >= 4 is 54.2 Å². The summed E-state index contributed by atoms with van der Waals surface area (Å²) in [6.45, 7) is 6.98. The first kappa shape index (κ1) is 28.4. The number of carbonyl (C=O) groups is 1. The van der Waals surface area contributed by atoms with E-state index in [1.165, 1.54) is 27.8 Å². The van der Waals surface area contributed by atoms with Gasteiger partial charge >= 0.3 is 0 Å². The second-order valence-electron chi connectivity index (χ2n) is 9.95. The molecule has 2 fully saturated rings. The molecular weight excluding hydrogens is 563 g/mol. The molecule has 3 heterocycles. The van der Waals surface area contributed by atoms with Gasteiger partial charge in [0.1, 0.15) is 5.82 Å². The highest BCUT2D eigenvalue weighted by molar-refractivity contribution is 7.89. The van der Waals surface area contributed by atoms with Crippen molar-refractivity contribution in [2.24, 2.45) is 5.92 Å².